The molecule has 2 aliphatic heterocycles. The van der Waals surface area contributed by atoms with Gasteiger partial charge in [0.1, 0.15) is 6.61 Å². The van der Waals surface area contributed by atoms with E-state index in [2.05, 4.69) is 69.6 Å². The van der Waals surface area contributed by atoms with E-state index >= 15 is 0 Å². The molecule has 0 spiro atoms. The van der Waals surface area contributed by atoms with E-state index in [1.807, 2.05) is 0 Å². The third-order valence-corrected chi connectivity index (χ3v) is 4.58. The summed E-state index contributed by atoms with van der Waals surface area (Å²) in [6, 6.07) is 19.6. The second kappa shape index (κ2) is 9.23. The van der Waals surface area contributed by atoms with Gasteiger partial charge in [-0.2, -0.15) is 0 Å². The topological polar surface area (TPSA) is 41.6 Å². The van der Waals surface area contributed by atoms with Gasteiger partial charge in [-0.05, 0) is 49.0 Å². The second-order valence-corrected chi connectivity index (χ2v) is 6.42. The van der Waals surface area contributed by atoms with Crippen LogP contribution < -0.4 is 5.32 Å². The molecule has 2 aromatic carbocycles. The number of hydrogen-bond donors (Lipinski definition) is 1. The first-order valence-corrected chi connectivity index (χ1v) is 9.08. The summed E-state index contributed by atoms with van der Waals surface area (Å²) in [7, 11) is 0. The third-order valence-electron chi connectivity index (χ3n) is 4.58. The van der Waals surface area contributed by atoms with Gasteiger partial charge in [-0.25, -0.2) is 4.79 Å². The molecular formula is C21H26N2O2. The van der Waals surface area contributed by atoms with E-state index in [0.29, 0.717) is 13.2 Å². The molecule has 4 nitrogen and oxygen atoms in total. The molecule has 2 fully saturated rings. The number of carbonyl (C=O) groups excluding carboxylic acids is 1. The van der Waals surface area contributed by atoms with Gasteiger partial charge in [0.25, 0.3) is 0 Å². The van der Waals surface area contributed by atoms with Gasteiger partial charge < -0.3 is 15.0 Å². The van der Waals surface area contributed by atoms with Crippen molar-refractivity contribution in [3.05, 3.63) is 60.2 Å². The lowest BCUT2D eigenvalue weighted by Gasteiger charge is -2.14. The molecule has 0 aromatic heterocycles. The minimum Gasteiger partial charge on any atom is -0.448 e. The van der Waals surface area contributed by atoms with Crippen LogP contribution in [0.1, 0.15) is 18.4 Å². The smallest absolute Gasteiger partial charge is 0.407 e. The number of rotatable bonds is 4. The molecule has 4 heteroatoms. The highest BCUT2D eigenvalue weighted by Crippen LogP contribution is 2.19. The van der Waals surface area contributed by atoms with E-state index < -0.39 is 0 Å². The number of cyclic esters (lactones) is 1. The lowest BCUT2D eigenvalue weighted by molar-refractivity contribution is 0.178. The first-order valence-electron chi connectivity index (χ1n) is 9.08. The molecule has 132 valence electrons. The zero-order valence-corrected chi connectivity index (χ0v) is 14.6. The van der Waals surface area contributed by atoms with E-state index in [0.717, 1.165) is 0 Å². The Kier molecular flexibility index (Phi) is 6.46. The number of alkyl carbamates (subject to hydrolysis) is 1. The van der Waals surface area contributed by atoms with E-state index in [9.17, 15) is 4.79 Å². The summed E-state index contributed by atoms with van der Waals surface area (Å²) in [5.41, 5.74) is 4.06. The Morgan fingerprint density at radius 3 is 2.16 bits per heavy atom. The van der Waals surface area contributed by atoms with Crippen LogP contribution in [0.3, 0.4) is 0 Å². The van der Waals surface area contributed by atoms with Crippen LogP contribution in [0.4, 0.5) is 4.79 Å². The molecule has 2 aromatic rings. The molecule has 4 rings (SSSR count). The summed E-state index contributed by atoms with van der Waals surface area (Å²) in [5.74, 6) is 0. The molecule has 2 saturated heterocycles. The average molecular weight is 338 g/mol. The highest BCUT2D eigenvalue weighted by atomic mass is 16.6. The van der Waals surface area contributed by atoms with E-state index in [1.165, 1.54) is 55.6 Å². The molecule has 0 atom stereocenters. The molecule has 0 saturated carbocycles. The van der Waals surface area contributed by atoms with Crippen molar-refractivity contribution >= 4 is 6.09 Å². The standard InChI is InChI=1S/C18H21N.C3H5NO2/c1-2-6-17(7-3-1)18-10-8-16(9-11-18)12-15-19-13-4-5-14-19;5-3-4-1-2-6-3/h1-3,6-11H,4-5,12-15H2;1-2H2,(H,4,5). The van der Waals surface area contributed by atoms with Crippen molar-refractivity contribution < 1.29 is 9.53 Å². The minimum atomic E-state index is -0.296. The van der Waals surface area contributed by atoms with Gasteiger partial charge in [-0.3, -0.25) is 0 Å². The Morgan fingerprint density at radius 2 is 1.60 bits per heavy atom. The fourth-order valence-corrected chi connectivity index (χ4v) is 3.14. The van der Waals surface area contributed by atoms with E-state index in [1.54, 1.807) is 0 Å². The number of benzene rings is 2. The highest BCUT2D eigenvalue weighted by Gasteiger charge is 2.10. The minimum absolute atomic E-state index is 0.296. The summed E-state index contributed by atoms with van der Waals surface area (Å²) in [6.07, 6.45) is 3.64. The van der Waals surface area contributed by atoms with Crippen LogP contribution >= 0.6 is 0 Å². The van der Waals surface area contributed by atoms with Gasteiger partial charge >= 0.3 is 6.09 Å². The van der Waals surface area contributed by atoms with Crippen LogP contribution in [0, 0.1) is 0 Å². The Labute approximate surface area is 149 Å². The van der Waals surface area contributed by atoms with Crippen LogP contribution in [-0.4, -0.2) is 43.8 Å². The van der Waals surface area contributed by atoms with Crippen molar-refractivity contribution in [2.45, 2.75) is 19.3 Å². The number of amides is 1. The zero-order chi connectivity index (χ0) is 17.3. The Hall–Kier alpha value is -2.33. The number of nitrogens with one attached hydrogen (secondary N) is 1. The third kappa shape index (κ3) is 5.61. The van der Waals surface area contributed by atoms with Crippen molar-refractivity contribution in [2.24, 2.45) is 0 Å². The highest BCUT2D eigenvalue weighted by molar-refractivity contribution is 5.68. The number of nitrogens with zero attached hydrogens (tertiary/aromatic N) is 1. The Balaban J connectivity index is 0.000000258. The molecule has 0 unspecified atom stereocenters. The maximum atomic E-state index is 9.91. The van der Waals surface area contributed by atoms with Gasteiger partial charge in [-0.15, -0.1) is 0 Å². The van der Waals surface area contributed by atoms with Crippen LogP contribution in [-0.2, 0) is 11.2 Å². The predicted molar refractivity (Wildman–Crippen MR) is 101 cm³/mol. The van der Waals surface area contributed by atoms with Crippen LogP contribution in [0.25, 0.3) is 11.1 Å². The fourth-order valence-electron chi connectivity index (χ4n) is 3.14. The van der Waals surface area contributed by atoms with Gasteiger partial charge in [0.05, 0.1) is 6.54 Å². The summed E-state index contributed by atoms with van der Waals surface area (Å²) in [5, 5.41) is 2.46. The quantitative estimate of drug-likeness (QED) is 0.924. The first kappa shape index (κ1) is 17.5. The van der Waals surface area contributed by atoms with Crippen molar-refractivity contribution in [3.8, 4) is 11.1 Å². The van der Waals surface area contributed by atoms with Crippen molar-refractivity contribution in [1.82, 2.24) is 10.2 Å². The predicted octanol–water partition coefficient (Wildman–Crippen LogP) is 3.72. The summed E-state index contributed by atoms with van der Waals surface area (Å²) >= 11 is 0. The molecule has 1 amide bonds. The SMILES string of the molecule is O=C1NCCO1.c1ccc(-c2ccc(CCN3CCCC3)cc2)cc1. The van der Waals surface area contributed by atoms with Gasteiger partial charge in [0, 0.05) is 6.54 Å². The summed E-state index contributed by atoms with van der Waals surface area (Å²) in [6.45, 7) is 4.99. The molecule has 0 radical (unpaired) electrons. The maximum absolute atomic E-state index is 9.91. The van der Waals surface area contributed by atoms with Gasteiger partial charge in [0.15, 0.2) is 0 Å². The summed E-state index contributed by atoms with van der Waals surface area (Å²) in [4.78, 5) is 12.5. The molecule has 1 N–H and O–H groups in total. The maximum Gasteiger partial charge on any atom is 0.407 e. The number of carbonyl (C=O) groups is 1. The zero-order valence-electron chi connectivity index (χ0n) is 14.6. The Morgan fingerprint density at radius 1 is 0.920 bits per heavy atom. The van der Waals surface area contributed by atoms with Crippen LogP contribution in [0.5, 0.6) is 0 Å². The lowest BCUT2D eigenvalue weighted by atomic mass is 10.0. The van der Waals surface area contributed by atoms with Gasteiger partial charge in [-0.1, -0.05) is 54.6 Å². The van der Waals surface area contributed by atoms with Crippen LogP contribution in [0.2, 0.25) is 0 Å². The second-order valence-electron chi connectivity index (χ2n) is 6.42. The molecule has 0 bridgehead atoms. The number of ether oxygens (including phenoxy) is 1. The molecular weight excluding hydrogens is 312 g/mol. The van der Waals surface area contributed by atoms with Crippen molar-refractivity contribution in [2.75, 3.05) is 32.8 Å². The fraction of sp³-hybridized carbons (Fsp3) is 0.381. The average Bonchev–Trinajstić information content (AvgIpc) is 3.35. The Bertz CT molecular complexity index is 641. The molecule has 2 aliphatic rings. The van der Waals surface area contributed by atoms with E-state index in [4.69, 9.17) is 0 Å². The molecule has 2 heterocycles. The number of likely N-dealkylation sites (tertiary alicyclic amines) is 1. The summed E-state index contributed by atoms with van der Waals surface area (Å²) < 4.78 is 4.40. The first-order chi connectivity index (χ1) is 12.3. The largest absolute Gasteiger partial charge is 0.448 e. The number of hydrogen-bond acceptors (Lipinski definition) is 3. The van der Waals surface area contributed by atoms with Crippen LogP contribution in [0.15, 0.2) is 54.6 Å². The molecule has 25 heavy (non-hydrogen) atoms. The normalized spacial score (nSPS) is 16.7. The van der Waals surface area contributed by atoms with Gasteiger partial charge in [0.2, 0.25) is 0 Å². The van der Waals surface area contributed by atoms with Crippen molar-refractivity contribution in [3.63, 3.8) is 0 Å². The molecule has 0 aliphatic carbocycles. The van der Waals surface area contributed by atoms with Crippen molar-refractivity contribution in [1.29, 1.82) is 0 Å². The lowest BCUT2D eigenvalue weighted by Crippen LogP contribution is -2.21. The monoisotopic (exact) mass is 338 g/mol. The van der Waals surface area contributed by atoms with E-state index in [-0.39, 0.29) is 6.09 Å².